The Morgan fingerprint density at radius 3 is 0.976 bits per heavy atom. The summed E-state index contributed by atoms with van der Waals surface area (Å²) in [6.45, 7) is 4.03. The fraction of sp³-hybridized carbons (Fsp3) is 0.750. The van der Waals surface area contributed by atoms with Gasteiger partial charge in [-0.1, -0.05) is 291 Å². The monoisotopic (exact) mass is 1170 g/mol. The Morgan fingerprint density at radius 2 is 0.659 bits per heavy atom. The zero-order chi connectivity index (χ0) is 59.8. The largest absolute Gasteiger partial charge is 0.756 e. The highest BCUT2D eigenvalue weighted by Gasteiger charge is 2.22. The molecule has 0 aliphatic rings. The number of nitrogens with zero attached hydrogens (tertiary/aromatic N) is 1. The lowest BCUT2D eigenvalue weighted by molar-refractivity contribution is -0.870. The fourth-order valence-electron chi connectivity index (χ4n) is 9.47. The van der Waals surface area contributed by atoms with E-state index in [0.717, 1.165) is 103 Å². The van der Waals surface area contributed by atoms with Crippen LogP contribution >= 0.6 is 7.82 Å². The molecule has 0 saturated heterocycles. The van der Waals surface area contributed by atoms with Crippen LogP contribution in [0.15, 0.2) is 97.2 Å². The minimum absolute atomic E-state index is 0.0341. The predicted octanol–water partition coefficient (Wildman–Crippen LogP) is 21.3. The molecule has 0 radical (unpaired) electrons. The zero-order valence-electron chi connectivity index (χ0n) is 53.9. The molecular formula is C72H128NO8P. The molecule has 82 heavy (non-hydrogen) atoms. The van der Waals surface area contributed by atoms with Gasteiger partial charge < -0.3 is 27.9 Å². The van der Waals surface area contributed by atoms with Gasteiger partial charge in [0, 0.05) is 12.8 Å². The van der Waals surface area contributed by atoms with Gasteiger partial charge in [-0.05, 0) is 89.9 Å². The van der Waals surface area contributed by atoms with E-state index in [1.54, 1.807) is 0 Å². The van der Waals surface area contributed by atoms with Crippen LogP contribution in [0.5, 0.6) is 0 Å². The molecule has 0 fully saturated rings. The van der Waals surface area contributed by atoms with E-state index in [2.05, 4.69) is 111 Å². The van der Waals surface area contributed by atoms with E-state index in [-0.39, 0.29) is 32.0 Å². The van der Waals surface area contributed by atoms with Gasteiger partial charge in [0.25, 0.3) is 7.82 Å². The topological polar surface area (TPSA) is 111 Å². The third-order valence-corrected chi connectivity index (χ3v) is 15.6. The highest BCUT2D eigenvalue weighted by atomic mass is 31.2. The van der Waals surface area contributed by atoms with Crippen molar-refractivity contribution >= 4 is 19.8 Å². The minimum Gasteiger partial charge on any atom is -0.756 e. The molecular weight excluding hydrogens is 1040 g/mol. The number of hydrogen-bond donors (Lipinski definition) is 0. The van der Waals surface area contributed by atoms with Crippen LogP contribution in [-0.4, -0.2) is 70.0 Å². The molecule has 0 rings (SSSR count). The molecule has 0 bridgehead atoms. The molecule has 2 unspecified atom stereocenters. The van der Waals surface area contributed by atoms with Crippen molar-refractivity contribution in [3.8, 4) is 0 Å². The standard InChI is InChI=1S/C72H128NO8P/c1-6-8-10-12-14-16-18-20-22-24-26-28-29-30-31-32-33-34-35-36-37-38-39-40-41-42-43-45-47-49-51-53-55-57-59-61-63-65-72(75)81-70(69-80-82(76,77)79-67-66-73(3,4)5)68-78-71(74)64-62-60-58-56-54-52-50-48-46-44-27-25-23-21-19-17-15-13-11-9-7-2/h8-11,14-17,20-23,26-28,44,70H,6-7,12-13,18-19,24-25,29-43,45-69H2,1-5H3/b10-8-,11-9-,16-14-,17-15-,22-20-,23-21-,28-26-,44-27-. The summed E-state index contributed by atoms with van der Waals surface area (Å²) in [7, 11) is 1.16. The highest BCUT2D eigenvalue weighted by molar-refractivity contribution is 7.45. The summed E-state index contributed by atoms with van der Waals surface area (Å²) >= 11 is 0. The smallest absolute Gasteiger partial charge is 0.306 e. The van der Waals surface area contributed by atoms with E-state index in [9.17, 15) is 19.0 Å². The van der Waals surface area contributed by atoms with Crippen LogP contribution in [-0.2, 0) is 32.7 Å². The van der Waals surface area contributed by atoms with Crippen molar-refractivity contribution in [3.05, 3.63) is 97.2 Å². The maximum absolute atomic E-state index is 12.9. The van der Waals surface area contributed by atoms with Gasteiger partial charge in [-0.15, -0.1) is 0 Å². The lowest BCUT2D eigenvalue weighted by atomic mass is 10.0. The second-order valence-electron chi connectivity index (χ2n) is 23.8. The minimum atomic E-state index is -4.64. The molecule has 10 heteroatoms. The van der Waals surface area contributed by atoms with Crippen LogP contribution in [0, 0.1) is 0 Å². The number of allylic oxidation sites excluding steroid dienone is 16. The molecule has 2 atom stereocenters. The van der Waals surface area contributed by atoms with Crippen LogP contribution in [0.2, 0.25) is 0 Å². The van der Waals surface area contributed by atoms with Gasteiger partial charge in [-0.25, -0.2) is 0 Å². The number of ether oxygens (including phenoxy) is 2. The van der Waals surface area contributed by atoms with Gasteiger partial charge in [0.2, 0.25) is 0 Å². The third-order valence-electron chi connectivity index (χ3n) is 14.6. The first kappa shape index (κ1) is 78.9. The van der Waals surface area contributed by atoms with Crippen LogP contribution in [0.1, 0.15) is 296 Å². The number of quaternary nitrogens is 1. The summed E-state index contributed by atoms with van der Waals surface area (Å²) in [5.74, 6) is -0.835. The molecule has 9 nitrogen and oxygen atoms in total. The van der Waals surface area contributed by atoms with Crippen LogP contribution < -0.4 is 4.89 Å². The molecule has 0 aromatic carbocycles. The lowest BCUT2D eigenvalue weighted by Gasteiger charge is -2.28. The van der Waals surface area contributed by atoms with E-state index in [1.165, 1.54) is 161 Å². The second kappa shape index (κ2) is 62.5. The molecule has 0 spiro atoms. The van der Waals surface area contributed by atoms with Gasteiger partial charge >= 0.3 is 11.9 Å². The first-order valence-corrected chi connectivity index (χ1v) is 35.4. The Bertz CT molecular complexity index is 1710. The summed E-state index contributed by atoms with van der Waals surface area (Å²) in [6, 6.07) is 0. The summed E-state index contributed by atoms with van der Waals surface area (Å²) < 4.78 is 34.3. The maximum atomic E-state index is 12.9. The number of carbonyl (C=O) groups is 2. The molecule has 0 aliphatic carbocycles. The van der Waals surface area contributed by atoms with Crippen molar-refractivity contribution in [2.24, 2.45) is 0 Å². The van der Waals surface area contributed by atoms with Crippen molar-refractivity contribution in [3.63, 3.8) is 0 Å². The summed E-state index contributed by atoms with van der Waals surface area (Å²) in [4.78, 5) is 38.0. The molecule has 0 heterocycles. The number of hydrogen-bond acceptors (Lipinski definition) is 8. The van der Waals surface area contributed by atoms with Crippen LogP contribution in [0.3, 0.4) is 0 Å². The normalized spacial score (nSPS) is 13.8. The molecule has 0 amide bonds. The average molecular weight is 1170 g/mol. The van der Waals surface area contributed by atoms with Crippen molar-refractivity contribution in [2.75, 3.05) is 47.5 Å². The molecule has 0 aromatic rings. The van der Waals surface area contributed by atoms with E-state index in [4.69, 9.17) is 18.5 Å². The molecule has 0 saturated carbocycles. The number of phosphoric ester groups is 1. The highest BCUT2D eigenvalue weighted by Crippen LogP contribution is 2.38. The van der Waals surface area contributed by atoms with E-state index in [0.29, 0.717) is 17.4 Å². The number of rotatable bonds is 62. The second-order valence-corrected chi connectivity index (χ2v) is 25.2. The van der Waals surface area contributed by atoms with Crippen LogP contribution in [0.25, 0.3) is 0 Å². The number of likely N-dealkylation sites (N-methyl/N-ethyl adjacent to an activating group) is 1. The quantitative estimate of drug-likeness (QED) is 0.0195. The average Bonchev–Trinajstić information content (AvgIpc) is 3.46. The van der Waals surface area contributed by atoms with Crippen molar-refractivity contribution < 1.29 is 42.1 Å². The number of esters is 2. The van der Waals surface area contributed by atoms with E-state index in [1.807, 2.05) is 21.1 Å². The maximum Gasteiger partial charge on any atom is 0.306 e. The van der Waals surface area contributed by atoms with Gasteiger partial charge in [-0.3, -0.25) is 14.2 Å². The predicted molar refractivity (Wildman–Crippen MR) is 351 cm³/mol. The number of carbonyl (C=O) groups excluding carboxylic acids is 2. The Hall–Kier alpha value is -3.07. The summed E-state index contributed by atoms with van der Waals surface area (Å²) in [5, 5.41) is 0. The summed E-state index contributed by atoms with van der Waals surface area (Å²) in [5.41, 5.74) is 0. The molecule has 0 aliphatic heterocycles. The van der Waals surface area contributed by atoms with Crippen molar-refractivity contribution in [1.29, 1.82) is 0 Å². The molecule has 474 valence electrons. The van der Waals surface area contributed by atoms with Gasteiger partial charge in [0.05, 0.1) is 27.7 Å². The van der Waals surface area contributed by atoms with Gasteiger partial charge in [0.1, 0.15) is 19.8 Å². The first-order valence-electron chi connectivity index (χ1n) is 33.9. The third kappa shape index (κ3) is 66.1. The van der Waals surface area contributed by atoms with Crippen molar-refractivity contribution in [2.45, 2.75) is 302 Å². The van der Waals surface area contributed by atoms with E-state index >= 15 is 0 Å². The Labute approximate surface area is 506 Å². The molecule has 0 aromatic heterocycles. The van der Waals surface area contributed by atoms with Crippen molar-refractivity contribution in [1.82, 2.24) is 0 Å². The molecule has 0 N–H and O–H groups in total. The van der Waals surface area contributed by atoms with E-state index < -0.39 is 26.5 Å². The zero-order valence-corrected chi connectivity index (χ0v) is 54.8. The fourth-order valence-corrected chi connectivity index (χ4v) is 10.2. The van der Waals surface area contributed by atoms with Crippen LogP contribution in [0.4, 0.5) is 0 Å². The number of unbranched alkanes of at least 4 members (excludes halogenated alkanes) is 32. The Morgan fingerprint density at radius 1 is 0.378 bits per heavy atom. The Balaban J connectivity index is 3.98. The lowest BCUT2D eigenvalue weighted by Crippen LogP contribution is -2.37. The summed E-state index contributed by atoms with van der Waals surface area (Å²) in [6.07, 6.45) is 86.3. The number of phosphoric acid groups is 1. The Kier molecular flexibility index (Phi) is 60.1. The van der Waals surface area contributed by atoms with Gasteiger partial charge in [-0.2, -0.15) is 0 Å². The first-order chi connectivity index (χ1) is 40.0. The SMILES string of the molecule is CC/C=C\C/C=C\C/C=C\C/C=C\CCCCCCCCCCCCCCCCCCCCCCCCCCC(=O)OC(COC(=O)CCCCCCCCCC/C=C\C/C=C\C/C=C\C/C=C\CC)COP(=O)([O-])OCC[N+](C)(C)C. The van der Waals surface area contributed by atoms with Gasteiger partial charge in [0.15, 0.2) is 6.10 Å².